The first-order chi connectivity index (χ1) is 8.78. The first-order valence-corrected chi connectivity index (χ1v) is 7.76. The Labute approximate surface area is 112 Å². The summed E-state index contributed by atoms with van der Waals surface area (Å²) in [5.74, 6) is -1.83. The Balaban J connectivity index is 2.97. The monoisotopic (exact) mass is 291 g/mol. The second-order valence-corrected chi connectivity index (χ2v) is 6.96. The van der Waals surface area contributed by atoms with Crippen LogP contribution in [0.15, 0.2) is 23.1 Å². The molecule has 1 rings (SSSR count). The molecule has 1 aromatic rings. The zero-order valence-electron chi connectivity index (χ0n) is 11.3. The highest BCUT2D eigenvalue weighted by atomic mass is 32.2. The van der Waals surface area contributed by atoms with Crippen molar-refractivity contribution in [2.24, 2.45) is 0 Å². The Morgan fingerprint density at radius 2 is 1.89 bits per heavy atom. The third-order valence-electron chi connectivity index (χ3n) is 2.97. The van der Waals surface area contributed by atoms with E-state index in [0.717, 1.165) is 18.7 Å². The Hall–Kier alpha value is -1.01. The number of hydrogen-bond donors (Lipinski definition) is 1. The highest BCUT2D eigenvalue weighted by Crippen LogP contribution is 2.22. The average Bonchev–Trinajstić information content (AvgIpc) is 2.28. The molecule has 0 amide bonds. The van der Waals surface area contributed by atoms with Crippen LogP contribution in [0.5, 0.6) is 0 Å². The Bertz CT molecular complexity index is 531. The highest BCUT2D eigenvalue weighted by Gasteiger charge is 2.27. The van der Waals surface area contributed by atoms with Crippen molar-refractivity contribution in [1.82, 2.24) is 5.32 Å². The fraction of sp³-hybridized carbons (Fsp3) is 0.538. The van der Waals surface area contributed by atoms with Crippen LogP contribution in [0.25, 0.3) is 0 Å². The molecule has 19 heavy (non-hydrogen) atoms. The van der Waals surface area contributed by atoms with E-state index in [2.05, 4.69) is 5.32 Å². The van der Waals surface area contributed by atoms with Crippen LogP contribution in [-0.2, 0) is 9.84 Å². The summed E-state index contributed by atoms with van der Waals surface area (Å²) in [4.78, 5) is -0.440. The third kappa shape index (κ3) is 3.98. The summed E-state index contributed by atoms with van der Waals surface area (Å²) < 4.78 is 50.8. The molecule has 0 aliphatic heterocycles. The molecule has 0 spiro atoms. The lowest BCUT2D eigenvalue weighted by molar-refractivity contribution is 0.503. The van der Waals surface area contributed by atoms with E-state index in [-0.39, 0.29) is 6.04 Å². The lowest BCUT2D eigenvalue weighted by atomic mass is 10.2. The van der Waals surface area contributed by atoms with Gasteiger partial charge < -0.3 is 5.32 Å². The van der Waals surface area contributed by atoms with Crippen molar-refractivity contribution in [3.05, 3.63) is 29.8 Å². The van der Waals surface area contributed by atoms with Crippen LogP contribution in [0.3, 0.4) is 0 Å². The van der Waals surface area contributed by atoms with E-state index >= 15 is 0 Å². The summed E-state index contributed by atoms with van der Waals surface area (Å²) in [7, 11) is -3.78. The van der Waals surface area contributed by atoms with Gasteiger partial charge in [0.1, 0.15) is 16.5 Å². The van der Waals surface area contributed by atoms with Crippen LogP contribution in [-0.4, -0.2) is 26.3 Å². The maximum absolute atomic E-state index is 13.6. The molecule has 0 saturated heterocycles. The number of nitrogens with one attached hydrogen (secondary N) is 1. The van der Waals surface area contributed by atoms with Gasteiger partial charge in [0.15, 0.2) is 9.84 Å². The van der Waals surface area contributed by atoms with E-state index in [9.17, 15) is 17.2 Å². The Morgan fingerprint density at radius 1 is 1.26 bits per heavy atom. The smallest absolute Gasteiger partial charge is 0.183 e. The lowest BCUT2D eigenvalue weighted by Gasteiger charge is -2.18. The van der Waals surface area contributed by atoms with Gasteiger partial charge in [-0.05, 0) is 38.9 Å². The standard InChI is InChI=1S/C13H19F2NO2S/c1-4-16-9(2)7-10(3)19(17,18)13-6-5-11(14)8-12(13)15/h5-6,8-10,16H,4,7H2,1-3H3. The maximum Gasteiger partial charge on any atom is 0.183 e. The van der Waals surface area contributed by atoms with E-state index in [1.807, 2.05) is 13.8 Å². The third-order valence-corrected chi connectivity index (χ3v) is 5.16. The first kappa shape index (κ1) is 16.0. The minimum atomic E-state index is -3.78. The molecule has 2 atom stereocenters. The molecule has 0 radical (unpaired) electrons. The van der Waals surface area contributed by atoms with Gasteiger partial charge in [0, 0.05) is 12.1 Å². The molecule has 2 unspecified atom stereocenters. The molecular formula is C13H19F2NO2S. The summed E-state index contributed by atoms with van der Waals surface area (Å²) in [6.45, 7) is 6.07. The van der Waals surface area contributed by atoms with E-state index in [4.69, 9.17) is 0 Å². The van der Waals surface area contributed by atoms with E-state index in [1.54, 1.807) is 0 Å². The molecule has 3 nitrogen and oxygen atoms in total. The van der Waals surface area contributed by atoms with Crippen LogP contribution in [0.4, 0.5) is 8.78 Å². The van der Waals surface area contributed by atoms with Gasteiger partial charge in [-0.1, -0.05) is 6.92 Å². The largest absolute Gasteiger partial charge is 0.314 e. The molecule has 0 heterocycles. The van der Waals surface area contributed by atoms with Gasteiger partial charge >= 0.3 is 0 Å². The van der Waals surface area contributed by atoms with Gasteiger partial charge in [-0.25, -0.2) is 17.2 Å². The predicted octanol–water partition coefficient (Wildman–Crippen LogP) is 2.52. The number of halogens is 2. The average molecular weight is 291 g/mol. The molecule has 1 aromatic carbocycles. The van der Waals surface area contributed by atoms with Gasteiger partial charge in [-0.3, -0.25) is 0 Å². The topological polar surface area (TPSA) is 46.2 Å². The summed E-state index contributed by atoms with van der Waals surface area (Å²) >= 11 is 0. The number of rotatable bonds is 6. The zero-order chi connectivity index (χ0) is 14.6. The van der Waals surface area contributed by atoms with Crippen LogP contribution in [0, 0.1) is 11.6 Å². The fourth-order valence-corrected chi connectivity index (χ4v) is 3.54. The SMILES string of the molecule is CCNC(C)CC(C)S(=O)(=O)c1ccc(F)cc1F. The van der Waals surface area contributed by atoms with Crippen molar-refractivity contribution in [2.45, 2.75) is 43.4 Å². The Kier molecular flexibility index (Phi) is 5.43. The van der Waals surface area contributed by atoms with Crippen LogP contribution in [0.1, 0.15) is 27.2 Å². The number of hydrogen-bond acceptors (Lipinski definition) is 3. The normalized spacial score (nSPS) is 15.2. The van der Waals surface area contributed by atoms with Gasteiger partial charge in [0.25, 0.3) is 0 Å². The molecule has 108 valence electrons. The minimum Gasteiger partial charge on any atom is -0.314 e. The first-order valence-electron chi connectivity index (χ1n) is 6.21. The summed E-state index contributed by atoms with van der Waals surface area (Å²) in [6.07, 6.45) is 0.368. The molecule has 0 aliphatic rings. The molecule has 0 saturated carbocycles. The minimum absolute atomic E-state index is 0.0123. The van der Waals surface area contributed by atoms with Crippen molar-refractivity contribution in [2.75, 3.05) is 6.54 Å². The Morgan fingerprint density at radius 3 is 2.42 bits per heavy atom. The van der Waals surface area contributed by atoms with Gasteiger partial charge in [-0.15, -0.1) is 0 Å². The summed E-state index contributed by atoms with van der Waals surface area (Å²) in [5, 5.41) is 2.37. The van der Waals surface area contributed by atoms with Crippen molar-refractivity contribution in [3.8, 4) is 0 Å². The van der Waals surface area contributed by atoms with E-state index in [0.29, 0.717) is 12.5 Å². The molecule has 0 bridgehead atoms. The number of sulfone groups is 1. The second-order valence-electron chi connectivity index (χ2n) is 4.62. The molecule has 1 N–H and O–H groups in total. The van der Waals surface area contributed by atoms with Crippen molar-refractivity contribution in [1.29, 1.82) is 0 Å². The zero-order valence-corrected chi connectivity index (χ0v) is 12.1. The lowest BCUT2D eigenvalue weighted by Crippen LogP contribution is -2.32. The van der Waals surface area contributed by atoms with Crippen molar-refractivity contribution < 1.29 is 17.2 Å². The van der Waals surface area contributed by atoms with Crippen molar-refractivity contribution in [3.63, 3.8) is 0 Å². The van der Waals surface area contributed by atoms with E-state index in [1.165, 1.54) is 6.92 Å². The number of benzene rings is 1. The van der Waals surface area contributed by atoms with E-state index < -0.39 is 31.6 Å². The summed E-state index contributed by atoms with van der Waals surface area (Å²) in [5.41, 5.74) is 0. The quantitative estimate of drug-likeness (QED) is 0.819. The van der Waals surface area contributed by atoms with Crippen LogP contribution in [0.2, 0.25) is 0 Å². The highest BCUT2D eigenvalue weighted by molar-refractivity contribution is 7.92. The van der Waals surface area contributed by atoms with Gasteiger partial charge in [-0.2, -0.15) is 0 Å². The molecular weight excluding hydrogens is 272 g/mol. The van der Waals surface area contributed by atoms with Gasteiger partial charge in [0.05, 0.1) is 5.25 Å². The predicted molar refractivity (Wildman–Crippen MR) is 70.8 cm³/mol. The van der Waals surface area contributed by atoms with Crippen molar-refractivity contribution >= 4 is 9.84 Å². The fourth-order valence-electron chi connectivity index (χ4n) is 1.98. The van der Waals surface area contributed by atoms with Crippen LogP contribution < -0.4 is 5.32 Å². The second kappa shape index (κ2) is 6.43. The molecule has 6 heteroatoms. The summed E-state index contributed by atoms with van der Waals surface area (Å²) in [6, 6.07) is 2.54. The molecule has 0 aromatic heterocycles. The molecule has 0 aliphatic carbocycles. The molecule has 0 fully saturated rings. The van der Waals surface area contributed by atoms with Crippen LogP contribution >= 0.6 is 0 Å². The van der Waals surface area contributed by atoms with Gasteiger partial charge in [0.2, 0.25) is 0 Å². The maximum atomic E-state index is 13.6.